The Morgan fingerprint density at radius 3 is 2.00 bits per heavy atom. The zero-order valence-corrected chi connectivity index (χ0v) is 17.1. The molecule has 27 heavy (non-hydrogen) atoms. The maximum absolute atomic E-state index is 11.4. The van der Waals surface area contributed by atoms with Crippen molar-refractivity contribution in [2.45, 2.75) is 84.0 Å². The average Bonchev–Trinajstić information content (AvgIpc) is 2.70. The van der Waals surface area contributed by atoms with E-state index in [1.807, 2.05) is 13.0 Å². The van der Waals surface area contributed by atoms with E-state index in [9.17, 15) is 9.90 Å². The third-order valence-corrected chi connectivity index (χ3v) is 7.20. The van der Waals surface area contributed by atoms with E-state index >= 15 is 0 Å². The van der Waals surface area contributed by atoms with Crippen LogP contribution in [0.3, 0.4) is 0 Å². The highest BCUT2D eigenvalue weighted by atomic mass is 16.4. The molecule has 1 aromatic rings. The summed E-state index contributed by atoms with van der Waals surface area (Å²) in [6.45, 7) is 4.11. The second-order valence-corrected chi connectivity index (χ2v) is 8.76. The zero-order valence-electron chi connectivity index (χ0n) is 17.1. The van der Waals surface area contributed by atoms with Gasteiger partial charge in [0.05, 0.1) is 0 Å². The molecule has 2 nitrogen and oxygen atoms in total. The van der Waals surface area contributed by atoms with Gasteiger partial charge in [-0.05, 0) is 99.5 Å². The molecule has 0 saturated heterocycles. The second kappa shape index (κ2) is 9.57. The van der Waals surface area contributed by atoms with Crippen molar-refractivity contribution in [3.05, 3.63) is 47.0 Å². The van der Waals surface area contributed by atoms with Crippen LogP contribution < -0.4 is 0 Å². The molecule has 0 spiro atoms. The quantitative estimate of drug-likeness (QED) is 0.564. The van der Waals surface area contributed by atoms with Crippen molar-refractivity contribution >= 4 is 5.97 Å². The first-order valence-corrected chi connectivity index (χ1v) is 11.1. The molecule has 0 aliphatic heterocycles. The van der Waals surface area contributed by atoms with Gasteiger partial charge in [-0.25, -0.2) is 4.79 Å². The minimum absolute atomic E-state index is 0.279. The summed E-state index contributed by atoms with van der Waals surface area (Å²) in [5.41, 5.74) is 3.65. The highest BCUT2D eigenvalue weighted by Crippen LogP contribution is 2.44. The van der Waals surface area contributed by atoms with E-state index in [-0.39, 0.29) is 5.92 Å². The lowest BCUT2D eigenvalue weighted by Gasteiger charge is -2.38. The average molecular weight is 369 g/mol. The lowest BCUT2D eigenvalue weighted by molar-refractivity contribution is -0.133. The smallest absolute Gasteiger partial charge is 0.331 e. The summed E-state index contributed by atoms with van der Waals surface area (Å²) >= 11 is 0. The Labute approximate surface area is 165 Å². The van der Waals surface area contributed by atoms with Crippen LogP contribution in [0.5, 0.6) is 0 Å². The summed E-state index contributed by atoms with van der Waals surface area (Å²) in [5, 5.41) is 9.36. The van der Waals surface area contributed by atoms with Gasteiger partial charge in [-0.2, -0.15) is 0 Å². The van der Waals surface area contributed by atoms with Crippen LogP contribution in [0.25, 0.3) is 0 Å². The summed E-state index contributed by atoms with van der Waals surface area (Å²) in [6, 6.07) is 9.39. The van der Waals surface area contributed by atoms with Crippen molar-refractivity contribution in [1.29, 1.82) is 0 Å². The zero-order chi connectivity index (χ0) is 19.2. The Bertz CT molecular complexity index is 627. The second-order valence-electron chi connectivity index (χ2n) is 8.76. The molecule has 0 aromatic heterocycles. The number of carboxylic acids is 1. The van der Waals surface area contributed by atoms with E-state index in [0.717, 1.165) is 30.6 Å². The van der Waals surface area contributed by atoms with Gasteiger partial charge in [0.25, 0.3) is 0 Å². The number of carbonyl (C=O) groups is 1. The predicted octanol–water partition coefficient (Wildman–Crippen LogP) is 6.75. The lowest BCUT2D eigenvalue weighted by atomic mass is 9.67. The van der Waals surface area contributed by atoms with E-state index in [1.165, 1.54) is 62.5 Å². The van der Waals surface area contributed by atoms with E-state index in [1.54, 1.807) is 0 Å². The number of hydrogen-bond acceptors (Lipinski definition) is 1. The van der Waals surface area contributed by atoms with Crippen molar-refractivity contribution < 1.29 is 9.90 Å². The fourth-order valence-corrected chi connectivity index (χ4v) is 5.60. The molecule has 0 heterocycles. The van der Waals surface area contributed by atoms with Gasteiger partial charge in [0.2, 0.25) is 0 Å². The molecule has 1 aromatic carbocycles. The van der Waals surface area contributed by atoms with E-state index in [4.69, 9.17) is 0 Å². The molecular weight excluding hydrogens is 332 g/mol. The van der Waals surface area contributed by atoms with Crippen molar-refractivity contribution in [3.63, 3.8) is 0 Å². The van der Waals surface area contributed by atoms with E-state index in [0.29, 0.717) is 5.57 Å². The monoisotopic (exact) mass is 368 g/mol. The van der Waals surface area contributed by atoms with Gasteiger partial charge < -0.3 is 5.11 Å². The first-order valence-electron chi connectivity index (χ1n) is 11.1. The fraction of sp³-hybridized carbons (Fsp3) is 0.640. The number of carboxylic acid groups (broad SMARTS) is 1. The summed E-state index contributed by atoms with van der Waals surface area (Å²) in [7, 11) is 0. The molecule has 3 rings (SSSR count). The molecule has 0 atom stereocenters. The number of allylic oxidation sites excluding steroid dienone is 1. The SMILES string of the molecule is CC=C(C(=O)O)C1CCC(C2CCC(c3ccc(CCC)cc3)CC2)CC1. The van der Waals surface area contributed by atoms with Crippen LogP contribution in [-0.4, -0.2) is 11.1 Å². The Morgan fingerprint density at radius 1 is 0.963 bits per heavy atom. The molecular formula is C25H36O2. The van der Waals surface area contributed by atoms with Crippen LogP contribution in [0.4, 0.5) is 0 Å². The van der Waals surface area contributed by atoms with Crippen LogP contribution in [0.1, 0.15) is 88.7 Å². The Kier molecular flexibility index (Phi) is 7.15. The third kappa shape index (κ3) is 5.03. The van der Waals surface area contributed by atoms with E-state index < -0.39 is 5.97 Å². The molecule has 2 aliphatic carbocycles. The number of aryl methyl sites for hydroxylation is 1. The number of aliphatic carboxylic acids is 1. The van der Waals surface area contributed by atoms with Crippen molar-refractivity contribution in [3.8, 4) is 0 Å². The standard InChI is InChI=1S/C25H36O2/c1-3-5-18-6-8-19(9-7-18)20-10-12-21(13-11-20)22-14-16-23(17-15-22)24(4-2)25(26)27/h4,6-9,20-23H,3,5,10-17H2,1-2H3,(H,26,27). The minimum Gasteiger partial charge on any atom is -0.478 e. The van der Waals surface area contributed by atoms with Crippen LogP contribution in [0.2, 0.25) is 0 Å². The Balaban J connectivity index is 1.48. The molecule has 2 saturated carbocycles. The molecule has 0 amide bonds. The molecule has 0 radical (unpaired) electrons. The molecule has 2 heteroatoms. The van der Waals surface area contributed by atoms with Crippen molar-refractivity contribution in [2.24, 2.45) is 17.8 Å². The number of benzene rings is 1. The van der Waals surface area contributed by atoms with Gasteiger partial charge in [-0.1, -0.05) is 43.7 Å². The fourth-order valence-electron chi connectivity index (χ4n) is 5.60. The summed E-state index contributed by atoms with van der Waals surface area (Å²) in [6.07, 6.45) is 14.1. The highest BCUT2D eigenvalue weighted by Gasteiger charge is 2.33. The Morgan fingerprint density at radius 2 is 1.52 bits per heavy atom. The molecule has 0 unspecified atom stereocenters. The van der Waals surface area contributed by atoms with Gasteiger partial charge in [0, 0.05) is 5.57 Å². The summed E-state index contributed by atoms with van der Waals surface area (Å²) in [4.78, 5) is 11.4. The molecule has 2 fully saturated rings. The van der Waals surface area contributed by atoms with Gasteiger partial charge in [0.15, 0.2) is 0 Å². The van der Waals surface area contributed by atoms with E-state index in [2.05, 4.69) is 31.2 Å². The number of rotatable bonds is 6. The summed E-state index contributed by atoms with van der Waals surface area (Å²) < 4.78 is 0. The molecule has 0 bridgehead atoms. The third-order valence-electron chi connectivity index (χ3n) is 7.20. The van der Waals surface area contributed by atoms with Gasteiger partial charge in [-0.3, -0.25) is 0 Å². The lowest BCUT2D eigenvalue weighted by Crippen LogP contribution is -2.27. The van der Waals surface area contributed by atoms with Crippen LogP contribution in [-0.2, 0) is 11.2 Å². The maximum atomic E-state index is 11.4. The summed E-state index contributed by atoms with van der Waals surface area (Å²) in [5.74, 6) is 1.99. The van der Waals surface area contributed by atoms with Crippen molar-refractivity contribution in [1.82, 2.24) is 0 Å². The van der Waals surface area contributed by atoms with Gasteiger partial charge >= 0.3 is 5.97 Å². The largest absolute Gasteiger partial charge is 0.478 e. The Hall–Kier alpha value is -1.57. The molecule has 2 aliphatic rings. The maximum Gasteiger partial charge on any atom is 0.331 e. The minimum atomic E-state index is -0.716. The van der Waals surface area contributed by atoms with Gasteiger partial charge in [0.1, 0.15) is 0 Å². The first-order chi connectivity index (χ1) is 13.1. The predicted molar refractivity (Wildman–Crippen MR) is 112 cm³/mol. The number of hydrogen-bond donors (Lipinski definition) is 1. The highest BCUT2D eigenvalue weighted by molar-refractivity contribution is 5.87. The van der Waals surface area contributed by atoms with Crippen LogP contribution in [0.15, 0.2) is 35.9 Å². The first kappa shape index (κ1) is 20.2. The molecule has 148 valence electrons. The molecule has 1 N–H and O–H groups in total. The van der Waals surface area contributed by atoms with Crippen molar-refractivity contribution in [2.75, 3.05) is 0 Å². The topological polar surface area (TPSA) is 37.3 Å². The normalized spacial score (nSPS) is 29.5. The van der Waals surface area contributed by atoms with Crippen LogP contribution in [0, 0.1) is 17.8 Å². The van der Waals surface area contributed by atoms with Gasteiger partial charge in [-0.15, -0.1) is 0 Å². The van der Waals surface area contributed by atoms with Crippen LogP contribution >= 0.6 is 0 Å².